The van der Waals surface area contributed by atoms with Crippen LogP contribution < -0.4 is 5.32 Å². The fraction of sp³-hybridized carbons (Fsp3) is 0.526. The van der Waals surface area contributed by atoms with E-state index in [1.807, 2.05) is 0 Å². The first-order chi connectivity index (χ1) is 11.8. The summed E-state index contributed by atoms with van der Waals surface area (Å²) in [5.41, 5.74) is -0.268. The summed E-state index contributed by atoms with van der Waals surface area (Å²) in [4.78, 5) is 37.0. The van der Waals surface area contributed by atoms with Gasteiger partial charge in [-0.3, -0.25) is 14.9 Å². The van der Waals surface area contributed by atoms with E-state index in [1.54, 1.807) is 65.8 Å². The molecule has 1 aromatic carbocycles. The van der Waals surface area contributed by atoms with E-state index in [9.17, 15) is 14.4 Å². The summed E-state index contributed by atoms with van der Waals surface area (Å²) in [6.07, 6.45) is -0.614. The summed E-state index contributed by atoms with van der Waals surface area (Å²) in [6.45, 7) is 10.1. The molecule has 1 aromatic rings. The van der Waals surface area contributed by atoms with E-state index in [4.69, 9.17) is 9.84 Å². The third-order valence-electron chi connectivity index (χ3n) is 3.27. The molecule has 0 heterocycles. The fourth-order valence-corrected chi connectivity index (χ4v) is 2.24. The standard InChI is InChI=1S/C19H28N2O5/c1-18(2,3)16(24)21(12-15(22)23)11-13-9-7-8-10-14(13)20-17(25)26-19(4,5)6/h7-10H,11-12H2,1-6H3,(H,20,25)(H,22,23). The summed E-state index contributed by atoms with van der Waals surface area (Å²) >= 11 is 0. The van der Waals surface area contributed by atoms with E-state index in [0.29, 0.717) is 11.3 Å². The van der Waals surface area contributed by atoms with E-state index in [0.717, 1.165) is 0 Å². The van der Waals surface area contributed by atoms with Crippen LogP contribution in [0.15, 0.2) is 24.3 Å². The molecule has 0 aliphatic rings. The monoisotopic (exact) mass is 364 g/mol. The number of hydrogen-bond donors (Lipinski definition) is 2. The number of amides is 2. The van der Waals surface area contributed by atoms with Crippen LogP contribution in [0.3, 0.4) is 0 Å². The molecule has 0 aliphatic carbocycles. The summed E-state index contributed by atoms with van der Waals surface area (Å²) in [5, 5.41) is 11.8. The number of nitrogens with one attached hydrogen (secondary N) is 1. The minimum atomic E-state index is -1.10. The summed E-state index contributed by atoms with van der Waals surface area (Å²) in [6, 6.07) is 6.91. The molecule has 0 bridgehead atoms. The van der Waals surface area contributed by atoms with Gasteiger partial charge in [0.05, 0.1) is 0 Å². The Balaban J connectivity index is 3.04. The van der Waals surface area contributed by atoms with Crippen LogP contribution in [-0.2, 0) is 20.9 Å². The average molecular weight is 364 g/mol. The Morgan fingerprint density at radius 2 is 1.65 bits per heavy atom. The van der Waals surface area contributed by atoms with Gasteiger partial charge < -0.3 is 14.7 Å². The summed E-state index contributed by atoms with van der Waals surface area (Å²) < 4.78 is 5.24. The lowest BCUT2D eigenvalue weighted by molar-refractivity contribution is -0.148. The Morgan fingerprint density at radius 3 is 2.15 bits per heavy atom. The molecule has 0 fully saturated rings. The van der Waals surface area contributed by atoms with E-state index in [1.165, 1.54) is 4.90 Å². The average Bonchev–Trinajstić information content (AvgIpc) is 2.44. The van der Waals surface area contributed by atoms with Crippen molar-refractivity contribution in [1.82, 2.24) is 4.90 Å². The lowest BCUT2D eigenvalue weighted by Gasteiger charge is -2.29. The molecule has 7 nitrogen and oxygen atoms in total. The highest BCUT2D eigenvalue weighted by molar-refractivity contribution is 5.87. The number of rotatable bonds is 5. The third-order valence-corrected chi connectivity index (χ3v) is 3.27. The highest BCUT2D eigenvalue weighted by Crippen LogP contribution is 2.23. The van der Waals surface area contributed by atoms with Gasteiger partial charge in [0.15, 0.2) is 0 Å². The largest absolute Gasteiger partial charge is 0.480 e. The van der Waals surface area contributed by atoms with Crippen LogP contribution in [0.2, 0.25) is 0 Å². The first-order valence-electron chi connectivity index (χ1n) is 8.38. The van der Waals surface area contributed by atoms with Gasteiger partial charge in [-0.1, -0.05) is 39.0 Å². The van der Waals surface area contributed by atoms with Gasteiger partial charge in [0.2, 0.25) is 5.91 Å². The second kappa shape index (κ2) is 8.21. The smallest absolute Gasteiger partial charge is 0.412 e. The van der Waals surface area contributed by atoms with Crippen molar-refractivity contribution in [3.63, 3.8) is 0 Å². The molecule has 0 aliphatic heterocycles. The van der Waals surface area contributed by atoms with E-state index >= 15 is 0 Å². The van der Waals surface area contributed by atoms with Gasteiger partial charge in [0, 0.05) is 17.6 Å². The van der Waals surface area contributed by atoms with Crippen molar-refractivity contribution in [1.29, 1.82) is 0 Å². The van der Waals surface area contributed by atoms with Crippen molar-refractivity contribution < 1.29 is 24.2 Å². The molecule has 0 radical (unpaired) electrons. The number of nitrogens with zero attached hydrogens (tertiary/aromatic N) is 1. The quantitative estimate of drug-likeness (QED) is 0.834. The second-order valence-corrected chi connectivity index (χ2v) is 8.09. The minimum absolute atomic E-state index is 0.0639. The zero-order valence-corrected chi connectivity index (χ0v) is 16.3. The van der Waals surface area contributed by atoms with E-state index in [2.05, 4.69) is 5.32 Å². The van der Waals surface area contributed by atoms with Crippen molar-refractivity contribution in [2.75, 3.05) is 11.9 Å². The number of benzene rings is 1. The zero-order valence-electron chi connectivity index (χ0n) is 16.3. The van der Waals surface area contributed by atoms with Crippen molar-refractivity contribution in [3.8, 4) is 0 Å². The molecule has 0 aromatic heterocycles. The molecule has 2 amide bonds. The van der Waals surface area contributed by atoms with Crippen LogP contribution in [0.1, 0.15) is 47.1 Å². The molecular formula is C19H28N2O5. The van der Waals surface area contributed by atoms with Gasteiger partial charge in [0.1, 0.15) is 12.1 Å². The number of hydrogen-bond acceptors (Lipinski definition) is 4. The molecule has 0 atom stereocenters. The highest BCUT2D eigenvalue weighted by Gasteiger charge is 2.29. The van der Waals surface area contributed by atoms with Crippen LogP contribution in [0.5, 0.6) is 0 Å². The Morgan fingerprint density at radius 1 is 1.08 bits per heavy atom. The van der Waals surface area contributed by atoms with Gasteiger partial charge in [-0.2, -0.15) is 0 Å². The molecule has 0 unspecified atom stereocenters. The fourth-order valence-electron chi connectivity index (χ4n) is 2.24. The minimum Gasteiger partial charge on any atom is -0.480 e. The molecule has 2 N–H and O–H groups in total. The van der Waals surface area contributed by atoms with Crippen LogP contribution in [0.4, 0.5) is 10.5 Å². The Kier molecular flexibility index (Phi) is 6.78. The maximum Gasteiger partial charge on any atom is 0.412 e. The molecule has 26 heavy (non-hydrogen) atoms. The van der Waals surface area contributed by atoms with E-state index in [-0.39, 0.29) is 12.5 Å². The lowest BCUT2D eigenvalue weighted by Crippen LogP contribution is -2.42. The number of para-hydroxylation sites is 1. The first kappa shape index (κ1) is 21.5. The number of carbonyl (C=O) groups is 3. The maximum atomic E-state index is 12.6. The first-order valence-corrected chi connectivity index (χ1v) is 8.38. The van der Waals surface area contributed by atoms with Crippen molar-refractivity contribution in [2.24, 2.45) is 5.41 Å². The van der Waals surface area contributed by atoms with Crippen molar-refractivity contribution in [3.05, 3.63) is 29.8 Å². The predicted molar refractivity (Wildman–Crippen MR) is 98.8 cm³/mol. The van der Waals surface area contributed by atoms with Crippen LogP contribution >= 0.6 is 0 Å². The van der Waals surface area contributed by atoms with Gasteiger partial charge in [0.25, 0.3) is 0 Å². The highest BCUT2D eigenvalue weighted by atomic mass is 16.6. The Bertz CT molecular complexity index is 671. The number of carboxylic acid groups (broad SMARTS) is 1. The van der Waals surface area contributed by atoms with Gasteiger partial charge in [-0.05, 0) is 32.4 Å². The molecule has 0 spiro atoms. The summed E-state index contributed by atoms with van der Waals surface area (Å²) in [5.74, 6) is -1.38. The number of ether oxygens (including phenoxy) is 1. The third kappa shape index (κ3) is 7.13. The van der Waals surface area contributed by atoms with Crippen LogP contribution in [0.25, 0.3) is 0 Å². The molecule has 144 valence electrons. The van der Waals surface area contributed by atoms with Crippen molar-refractivity contribution >= 4 is 23.7 Å². The number of aliphatic carboxylic acids is 1. The van der Waals surface area contributed by atoms with Gasteiger partial charge >= 0.3 is 12.1 Å². The topological polar surface area (TPSA) is 95.9 Å². The molecule has 0 saturated heterocycles. The molecule has 1 rings (SSSR count). The van der Waals surface area contributed by atoms with Gasteiger partial charge in [-0.25, -0.2) is 4.79 Å². The zero-order chi connectivity index (χ0) is 20.1. The van der Waals surface area contributed by atoms with Crippen LogP contribution in [-0.4, -0.2) is 40.1 Å². The normalized spacial score (nSPS) is 11.6. The number of anilines is 1. The Labute approximate surface area is 154 Å². The van der Waals surface area contributed by atoms with Crippen LogP contribution in [0, 0.1) is 5.41 Å². The predicted octanol–water partition coefficient (Wildman–Crippen LogP) is 3.49. The number of carboxylic acids is 1. The number of carbonyl (C=O) groups excluding carboxylic acids is 2. The molecule has 0 saturated carbocycles. The molecule has 7 heteroatoms. The Hall–Kier alpha value is -2.57. The van der Waals surface area contributed by atoms with E-state index < -0.39 is 29.6 Å². The SMILES string of the molecule is CC(C)(C)OC(=O)Nc1ccccc1CN(CC(=O)O)C(=O)C(C)(C)C. The van der Waals surface area contributed by atoms with Gasteiger partial charge in [-0.15, -0.1) is 0 Å². The summed E-state index contributed by atoms with van der Waals surface area (Å²) in [7, 11) is 0. The molecular weight excluding hydrogens is 336 g/mol. The second-order valence-electron chi connectivity index (χ2n) is 8.09. The lowest BCUT2D eigenvalue weighted by atomic mass is 9.94. The van der Waals surface area contributed by atoms with Crippen molar-refractivity contribution in [2.45, 2.75) is 53.7 Å². The maximum absolute atomic E-state index is 12.6.